The van der Waals surface area contributed by atoms with Crippen LogP contribution in [0.15, 0.2) is 0 Å². The van der Waals surface area contributed by atoms with Crippen LogP contribution in [0.4, 0.5) is 0 Å². The molecule has 2 saturated heterocycles. The number of amides is 1. The molecule has 2 fully saturated rings. The summed E-state index contributed by atoms with van der Waals surface area (Å²) in [6.07, 6.45) is -0.910. The summed E-state index contributed by atoms with van der Waals surface area (Å²) in [5.41, 5.74) is -1.18. The Morgan fingerprint density at radius 2 is 2.12 bits per heavy atom. The molecular formula is C11H17NO4. The minimum atomic E-state index is -1.18. The van der Waals surface area contributed by atoms with Crippen LogP contribution in [0.25, 0.3) is 0 Å². The van der Waals surface area contributed by atoms with Crippen molar-refractivity contribution in [3.63, 3.8) is 0 Å². The second kappa shape index (κ2) is 3.45. The molecule has 5 nitrogen and oxygen atoms in total. The molecule has 0 unspecified atom stereocenters. The summed E-state index contributed by atoms with van der Waals surface area (Å²) in [4.78, 5) is 23.1. The van der Waals surface area contributed by atoms with Crippen LogP contribution in [-0.4, -0.2) is 34.7 Å². The van der Waals surface area contributed by atoms with E-state index in [1.54, 1.807) is 6.92 Å². The Morgan fingerprint density at radius 3 is 2.56 bits per heavy atom. The molecule has 90 valence electrons. The summed E-state index contributed by atoms with van der Waals surface area (Å²) in [5.74, 6) is -0.854. The van der Waals surface area contributed by atoms with Crippen LogP contribution in [0.3, 0.4) is 0 Å². The fourth-order valence-corrected chi connectivity index (χ4v) is 2.48. The van der Waals surface area contributed by atoms with Crippen LogP contribution in [0, 0.1) is 11.8 Å². The maximum atomic E-state index is 11.6. The summed E-state index contributed by atoms with van der Waals surface area (Å²) in [7, 11) is 0. The van der Waals surface area contributed by atoms with Gasteiger partial charge in [-0.2, -0.15) is 0 Å². The average molecular weight is 227 g/mol. The molecule has 4 atom stereocenters. The zero-order chi connectivity index (χ0) is 12.1. The highest BCUT2D eigenvalue weighted by molar-refractivity contribution is 5.99. The minimum absolute atomic E-state index is 0.223. The lowest BCUT2D eigenvalue weighted by atomic mass is 9.77. The van der Waals surface area contributed by atoms with Crippen LogP contribution in [0.5, 0.6) is 0 Å². The number of rotatable bonds is 3. The zero-order valence-corrected chi connectivity index (χ0v) is 9.69. The highest BCUT2D eigenvalue weighted by atomic mass is 16.6. The maximum absolute atomic E-state index is 11.6. The standard InChI is InChI=1S/C11H17NO4/c1-5(2)4-7(13)11-8(16-10(11)15)6(3)9(14)12-11/h5-8,13H,4H2,1-3H3,(H,12,14)/t6-,7+,8+,11+/m1/s1. The van der Waals surface area contributed by atoms with Gasteiger partial charge < -0.3 is 15.2 Å². The predicted molar refractivity (Wildman–Crippen MR) is 55.4 cm³/mol. The van der Waals surface area contributed by atoms with Gasteiger partial charge in [0.25, 0.3) is 0 Å². The van der Waals surface area contributed by atoms with E-state index in [1.165, 1.54) is 0 Å². The predicted octanol–water partition coefficient (Wildman–Crippen LogP) is -0.177. The number of hydrogen-bond donors (Lipinski definition) is 2. The highest BCUT2D eigenvalue weighted by Crippen LogP contribution is 2.42. The van der Waals surface area contributed by atoms with Gasteiger partial charge in [-0.3, -0.25) is 4.79 Å². The number of hydrogen-bond acceptors (Lipinski definition) is 4. The van der Waals surface area contributed by atoms with Crippen molar-refractivity contribution in [2.24, 2.45) is 11.8 Å². The van der Waals surface area contributed by atoms with Crippen molar-refractivity contribution >= 4 is 11.9 Å². The van der Waals surface area contributed by atoms with E-state index in [4.69, 9.17) is 4.74 Å². The molecule has 2 aliphatic rings. The van der Waals surface area contributed by atoms with E-state index < -0.39 is 23.7 Å². The van der Waals surface area contributed by atoms with Gasteiger partial charge in [0.15, 0.2) is 0 Å². The SMILES string of the molecule is CC(C)C[C@H](O)[C@]12NC(=O)[C@H](C)[C@@H]1OC2=O. The molecular weight excluding hydrogens is 210 g/mol. The first-order valence-corrected chi connectivity index (χ1v) is 5.60. The molecule has 2 N–H and O–H groups in total. The van der Waals surface area contributed by atoms with Gasteiger partial charge >= 0.3 is 5.97 Å². The minimum Gasteiger partial charge on any atom is -0.456 e. The summed E-state index contributed by atoms with van der Waals surface area (Å²) in [6.45, 7) is 5.62. The Labute approximate surface area is 94.2 Å². The van der Waals surface area contributed by atoms with E-state index in [1.807, 2.05) is 13.8 Å². The van der Waals surface area contributed by atoms with Crippen molar-refractivity contribution < 1.29 is 19.4 Å². The van der Waals surface area contributed by atoms with Crippen LogP contribution in [-0.2, 0) is 14.3 Å². The van der Waals surface area contributed by atoms with Gasteiger partial charge in [0.05, 0.1) is 12.0 Å². The lowest BCUT2D eigenvalue weighted by molar-refractivity contribution is -0.204. The van der Waals surface area contributed by atoms with Gasteiger partial charge in [-0.05, 0) is 19.3 Å². The molecule has 0 aliphatic carbocycles. The first-order chi connectivity index (χ1) is 7.39. The van der Waals surface area contributed by atoms with Crippen LogP contribution >= 0.6 is 0 Å². The van der Waals surface area contributed by atoms with E-state index in [2.05, 4.69) is 5.32 Å². The number of fused-ring (bicyclic) bond motifs is 1. The summed E-state index contributed by atoms with van der Waals surface area (Å²) < 4.78 is 4.97. The molecule has 0 spiro atoms. The third-order valence-electron chi connectivity index (χ3n) is 3.44. The van der Waals surface area contributed by atoms with Gasteiger partial charge in [-0.1, -0.05) is 13.8 Å². The molecule has 2 rings (SSSR count). The van der Waals surface area contributed by atoms with Gasteiger partial charge in [0.1, 0.15) is 6.10 Å². The molecule has 0 aromatic carbocycles. The molecule has 0 saturated carbocycles. The Morgan fingerprint density at radius 1 is 1.50 bits per heavy atom. The third-order valence-corrected chi connectivity index (χ3v) is 3.44. The molecule has 1 amide bonds. The van der Waals surface area contributed by atoms with E-state index >= 15 is 0 Å². The number of carbonyl (C=O) groups is 2. The van der Waals surface area contributed by atoms with Crippen LogP contribution in [0.1, 0.15) is 27.2 Å². The van der Waals surface area contributed by atoms with Gasteiger partial charge in [0, 0.05) is 0 Å². The Bertz CT molecular complexity index is 341. The van der Waals surface area contributed by atoms with E-state index in [9.17, 15) is 14.7 Å². The number of esters is 1. The largest absolute Gasteiger partial charge is 0.456 e. The Balaban J connectivity index is 2.22. The molecule has 0 radical (unpaired) electrons. The van der Waals surface area contributed by atoms with Crippen molar-refractivity contribution in [1.29, 1.82) is 0 Å². The number of aliphatic hydroxyl groups excluding tert-OH is 1. The second-order valence-electron chi connectivity index (χ2n) is 5.12. The lowest BCUT2D eigenvalue weighted by Gasteiger charge is -2.45. The average Bonchev–Trinajstić information content (AvgIpc) is 2.37. The molecule has 0 bridgehead atoms. The number of nitrogens with one attached hydrogen (secondary N) is 1. The number of aliphatic hydroxyl groups is 1. The van der Waals surface area contributed by atoms with E-state index in [-0.39, 0.29) is 17.7 Å². The molecule has 0 aromatic heterocycles. The van der Waals surface area contributed by atoms with E-state index in [0.717, 1.165) is 0 Å². The van der Waals surface area contributed by atoms with Gasteiger partial charge in [-0.15, -0.1) is 0 Å². The van der Waals surface area contributed by atoms with Crippen molar-refractivity contribution in [2.75, 3.05) is 0 Å². The van der Waals surface area contributed by atoms with Crippen LogP contribution < -0.4 is 5.32 Å². The monoisotopic (exact) mass is 227 g/mol. The Kier molecular flexibility index (Phi) is 2.45. The zero-order valence-electron chi connectivity index (χ0n) is 9.69. The van der Waals surface area contributed by atoms with Gasteiger partial charge in [-0.25, -0.2) is 4.79 Å². The van der Waals surface area contributed by atoms with Crippen molar-refractivity contribution in [2.45, 2.75) is 44.9 Å². The van der Waals surface area contributed by atoms with Crippen LogP contribution in [0.2, 0.25) is 0 Å². The molecule has 2 aliphatic heterocycles. The third kappa shape index (κ3) is 1.27. The van der Waals surface area contributed by atoms with Crippen molar-refractivity contribution in [1.82, 2.24) is 5.32 Å². The topological polar surface area (TPSA) is 75.6 Å². The first kappa shape index (κ1) is 11.4. The maximum Gasteiger partial charge on any atom is 0.338 e. The summed E-state index contributed by atoms with van der Waals surface area (Å²) in [6, 6.07) is 0. The number of carbonyl (C=O) groups excluding carboxylic acids is 2. The van der Waals surface area contributed by atoms with E-state index in [0.29, 0.717) is 6.42 Å². The fraction of sp³-hybridized carbons (Fsp3) is 0.818. The first-order valence-electron chi connectivity index (χ1n) is 5.60. The molecule has 0 aromatic rings. The summed E-state index contributed by atoms with van der Waals surface area (Å²) >= 11 is 0. The number of ether oxygens (including phenoxy) is 1. The normalized spacial score (nSPS) is 38.8. The molecule has 2 heterocycles. The summed E-state index contributed by atoms with van der Waals surface area (Å²) in [5, 5.41) is 12.7. The Hall–Kier alpha value is -1.10. The van der Waals surface area contributed by atoms with Gasteiger partial charge in [0.2, 0.25) is 11.4 Å². The smallest absolute Gasteiger partial charge is 0.338 e. The fourth-order valence-electron chi connectivity index (χ4n) is 2.48. The van der Waals surface area contributed by atoms with Crippen molar-refractivity contribution in [3.05, 3.63) is 0 Å². The van der Waals surface area contributed by atoms with Crippen molar-refractivity contribution in [3.8, 4) is 0 Å². The quantitative estimate of drug-likeness (QED) is 0.656. The molecule has 5 heteroatoms. The lowest BCUT2D eigenvalue weighted by Crippen LogP contribution is -2.73. The second-order valence-corrected chi connectivity index (χ2v) is 5.12. The highest BCUT2D eigenvalue weighted by Gasteiger charge is 2.70. The molecule has 16 heavy (non-hydrogen) atoms.